The Bertz CT molecular complexity index is 210. The molecule has 0 aromatic rings. The van der Waals surface area contributed by atoms with Gasteiger partial charge in [0.25, 0.3) is 0 Å². The van der Waals surface area contributed by atoms with Crippen molar-refractivity contribution in [2.24, 2.45) is 11.8 Å². The van der Waals surface area contributed by atoms with Crippen molar-refractivity contribution in [2.45, 2.75) is 51.9 Å². The van der Waals surface area contributed by atoms with Crippen LogP contribution in [0.5, 0.6) is 0 Å². The summed E-state index contributed by atoms with van der Waals surface area (Å²) in [6.07, 6.45) is 9.45. The minimum absolute atomic E-state index is 0.126. The molecule has 0 unspecified atom stereocenters. The second kappa shape index (κ2) is 8.51. The SMILES string of the molecule is CCCCC1CCC(CNC(=O)CNC)CC1. The minimum atomic E-state index is 0.126. The minimum Gasteiger partial charge on any atom is -0.355 e. The van der Waals surface area contributed by atoms with Gasteiger partial charge >= 0.3 is 0 Å². The van der Waals surface area contributed by atoms with E-state index >= 15 is 0 Å². The lowest BCUT2D eigenvalue weighted by atomic mass is 9.80. The smallest absolute Gasteiger partial charge is 0.233 e. The molecule has 0 heterocycles. The maximum absolute atomic E-state index is 11.3. The van der Waals surface area contributed by atoms with Crippen LogP contribution in [0.2, 0.25) is 0 Å². The first-order valence-corrected chi connectivity index (χ1v) is 7.17. The van der Waals surface area contributed by atoms with Gasteiger partial charge in [0.2, 0.25) is 5.91 Å². The molecular formula is C14H28N2O. The quantitative estimate of drug-likeness (QED) is 0.717. The summed E-state index contributed by atoms with van der Waals surface area (Å²) in [4.78, 5) is 11.3. The van der Waals surface area contributed by atoms with Crippen molar-refractivity contribution in [1.82, 2.24) is 10.6 Å². The first-order valence-electron chi connectivity index (χ1n) is 7.17. The summed E-state index contributed by atoms with van der Waals surface area (Å²) >= 11 is 0. The molecule has 0 bridgehead atoms. The molecule has 0 saturated heterocycles. The van der Waals surface area contributed by atoms with E-state index in [0.717, 1.165) is 12.5 Å². The molecule has 3 nitrogen and oxygen atoms in total. The molecule has 17 heavy (non-hydrogen) atoms. The number of carbonyl (C=O) groups is 1. The average Bonchev–Trinajstić information content (AvgIpc) is 2.35. The van der Waals surface area contributed by atoms with E-state index in [4.69, 9.17) is 0 Å². The van der Waals surface area contributed by atoms with Crippen LogP contribution in [0.15, 0.2) is 0 Å². The highest BCUT2D eigenvalue weighted by Crippen LogP contribution is 2.31. The van der Waals surface area contributed by atoms with Gasteiger partial charge in [-0.15, -0.1) is 0 Å². The molecule has 0 aromatic carbocycles. The zero-order valence-corrected chi connectivity index (χ0v) is 11.4. The number of likely N-dealkylation sites (N-methyl/N-ethyl adjacent to an activating group) is 1. The van der Waals surface area contributed by atoms with E-state index in [-0.39, 0.29) is 5.91 Å². The fourth-order valence-corrected chi connectivity index (χ4v) is 2.70. The van der Waals surface area contributed by atoms with E-state index in [2.05, 4.69) is 17.6 Å². The number of hydrogen-bond donors (Lipinski definition) is 2. The Labute approximate surface area is 106 Å². The third-order valence-corrected chi connectivity index (χ3v) is 3.86. The number of unbranched alkanes of at least 4 members (excludes halogenated alkanes) is 1. The van der Waals surface area contributed by atoms with Gasteiger partial charge in [-0.3, -0.25) is 4.79 Å². The number of amides is 1. The van der Waals surface area contributed by atoms with Crippen molar-refractivity contribution in [1.29, 1.82) is 0 Å². The predicted octanol–water partition coefficient (Wildman–Crippen LogP) is 2.32. The van der Waals surface area contributed by atoms with Gasteiger partial charge in [-0.1, -0.05) is 39.0 Å². The molecule has 1 rings (SSSR count). The van der Waals surface area contributed by atoms with Crippen molar-refractivity contribution in [2.75, 3.05) is 20.1 Å². The number of hydrogen-bond acceptors (Lipinski definition) is 2. The maximum atomic E-state index is 11.3. The first-order chi connectivity index (χ1) is 8.26. The van der Waals surface area contributed by atoms with Crippen molar-refractivity contribution in [3.63, 3.8) is 0 Å². The fourth-order valence-electron chi connectivity index (χ4n) is 2.70. The molecule has 0 radical (unpaired) electrons. The van der Waals surface area contributed by atoms with Crippen LogP contribution < -0.4 is 10.6 Å². The van der Waals surface area contributed by atoms with E-state index in [1.165, 1.54) is 44.9 Å². The third kappa shape index (κ3) is 6.06. The second-order valence-corrected chi connectivity index (χ2v) is 5.36. The van der Waals surface area contributed by atoms with E-state index in [1.807, 2.05) is 0 Å². The molecule has 3 heteroatoms. The van der Waals surface area contributed by atoms with Gasteiger partial charge in [-0.05, 0) is 31.7 Å². The highest BCUT2D eigenvalue weighted by atomic mass is 16.1. The lowest BCUT2D eigenvalue weighted by molar-refractivity contribution is -0.120. The molecule has 100 valence electrons. The topological polar surface area (TPSA) is 41.1 Å². The van der Waals surface area contributed by atoms with Gasteiger partial charge in [-0.25, -0.2) is 0 Å². The van der Waals surface area contributed by atoms with Crippen LogP contribution in [0.4, 0.5) is 0 Å². The van der Waals surface area contributed by atoms with Crippen molar-refractivity contribution in [3.8, 4) is 0 Å². The second-order valence-electron chi connectivity index (χ2n) is 5.36. The van der Waals surface area contributed by atoms with Gasteiger partial charge in [0.05, 0.1) is 6.54 Å². The van der Waals surface area contributed by atoms with Crippen LogP contribution in [0, 0.1) is 11.8 Å². The standard InChI is InChI=1S/C14H28N2O/c1-3-4-5-12-6-8-13(9-7-12)10-16-14(17)11-15-2/h12-13,15H,3-11H2,1-2H3,(H,16,17). The number of carbonyl (C=O) groups excluding carboxylic acids is 1. The monoisotopic (exact) mass is 240 g/mol. The fraction of sp³-hybridized carbons (Fsp3) is 0.929. The summed E-state index contributed by atoms with van der Waals surface area (Å²) in [6.45, 7) is 3.58. The molecule has 0 spiro atoms. The maximum Gasteiger partial charge on any atom is 0.233 e. The Balaban J connectivity index is 2.08. The molecule has 1 amide bonds. The highest BCUT2D eigenvalue weighted by Gasteiger charge is 2.20. The zero-order chi connectivity index (χ0) is 12.5. The summed E-state index contributed by atoms with van der Waals surface area (Å²) in [5, 5.41) is 5.88. The summed E-state index contributed by atoms with van der Waals surface area (Å²) < 4.78 is 0. The molecule has 1 saturated carbocycles. The van der Waals surface area contributed by atoms with E-state index in [1.54, 1.807) is 7.05 Å². The Morgan fingerprint density at radius 3 is 2.41 bits per heavy atom. The molecule has 1 aliphatic rings. The highest BCUT2D eigenvalue weighted by molar-refractivity contribution is 5.77. The van der Waals surface area contributed by atoms with Gasteiger partial charge < -0.3 is 10.6 Å². The summed E-state index contributed by atoms with van der Waals surface area (Å²) in [6, 6.07) is 0. The van der Waals surface area contributed by atoms with Crippen LogP contribution in [0.25, 0.3) is 0 Å². The van der Waals surface area contributed by atoms with Gasteiger partial charge in [0, 0.05) is 6.54 Å². The molecule has 0 aromatic heterocycles. The molecule has 1 fully saturated rings. The van der Waals surface area contributed by atoms with Crippen LogP contribution in [0.3, 0.4) is 0 Å². The van der Waals surface area contributed by atoms with Crippen molar-refractivity contribution < 1.29 is 4.79 Å². The van der Waals surface area contributed by atoms with E-state index in [0.29, 0.717) is 12.5 Å². The largest absolute Gasteiger partial charge is 0.355 e. The van der Waals surface area contributed by atoms with Crippen LogP contribution >= 0.6 is 0 Å². The van der Waals surface area contributed by atoms with Crippen LogP contribution in [-0.2, 0) is 4.79 Å². The van der Waals surface area contributed by atoms with Gasteiger partial charge in [-0.2, -0.15) is 0 Å². The summed E-state index contributed by atoms with van der Waals surface area (Å²) in [5.41, 5.74) is 0. The Hall–Kier alpha value is -0.570. The number of rotatable bonds is 7. The Morgan fingerprint density at radius 2 is 1.82 bits per heavy atom. The molecule has 0 aliphatic heterocycles. The third-order valence-electron chi connectivity index (χ3n) is 3.86. The Morgan fingerprint density at radius 1 is 1.18 bits per heavy atom. The van der Waals surface area contributed by atoms with Gasteiger partial charge in [0.1, 0.15) is 0 Å². The number of nitrogens with one attached hydrogen (secondary N) is 2. The first kappa shape index (κ1) is 14.5. The lowest BCUT2D eigenvalue weighted by Crippen LogP contribution is -2.36. The molecule has 2 N–H and O–H groups in total. The summed E-state index contributed by atoms with van der Waals surface area (Å²) in [7, 11) is 1.80. The van der Waals surface area contributed by atoms with E-state index < -0.39 is 0 Å². The van der Waals surface area contributed by atoms with Crippen LogP contribution in [-0.4, -0.2) is 26.0 Å². The van der Waals surface area contributed by atoms with Crippen molar-refractivity contribution in [3.05, 3.63) is 0 Å². The van der Waals surface area contributed by atoms with Crippen molar-refractivity contribution >= 4 is 5.91 Å². The average molecular weight is 240 g/mol. The lowest BCUT2D eigenvalue weighted by Gasteiger charge is -2.28. The normalized spacial score (nSPS) is 24.6. The zero-order valence-electron chi connectivity index (χ0n) is 11.4. The Kier molecular flexibility index (Phi) is 7.25. The predicted molar refractivity (Wildman–Crippen MR) is 71.9 cm³/mol. The van der Waals surface area contributed by atoms with Crippen LogP contribution in [0.1, 0.15) is 51.9 Å². The molecule has 1 aliphatic carbocycles. The summed E-state index contributed by atoms with van der Waals surface area (Å²) in [5.74, 6) is 1.80. The molecule has 0 atom stereocenters. The molecular weight excluding hydrogens is 212 g/mol. The van der Waals surface area contributed by atoms with E-state index in [9.17, 15) is 4.79 Å². The van der Waals surface area contributed by atoms with Gasteiger partial charge in [0.15, 0.2) is 0 Å².